The highest BCUT2D eigenvalue weighted by atomic mass is 16.6. The van der Waals surface area contributed by atoms with Crippen molar-refractivity contribution in [2.75, 3.05) is 14.2 Å². The molecular formula is C18H16O6. The molecule has 1 aliphatic heterocycles. The number of allylic oxidation sites excluding steroid dienone is 1. The van der Waals surface area contributed by atoms with E-state index < -0.39 is 12.1 Å². The molecule has 0 radical (unpaired) electrons. The van der Waals surface area contributed by atoms with Crippen LogP contribution < -0.4 is 14.9 Å². The lowest BCUT2D eigenvalue weighted by molar-refractivity contribution is 0.0450. The van der Waals surface area contributed by atoms with Gasteiger partial charge in [0.1, 0.15) is 23.5 Å². The minimum absolute atomic E-state index is 0.235. The first-order chi connectivity index (χ1) is 11.6. The van der Waals surface area contributed by atoms with Crippen LogP contribution in [0.15, 0.2) is 39.7 Å². The summed E-state index contributed by atoms with van der Waals surface area (Å²) in [5.41, 5.74) is 0.763. The molecule has 0 bridgehead atoms. The molecule has 0 aliphatic carbocycles. The Balaban J connectivity index is 2.14. The highest BCUT2D eigenvalue weighted by molar-refractivity contribution is 5.96. The van der Waals surface area contributed by atoms with Gasteiger partial charge in [-0.15, -0.1) is 0 Å². The van der Waals surface area contributed by atoms with Crippen LogP contribution in [0.3, 0.4) is 0 Å². The van der Waals surface area contributed by atoms with Crippen molar-refractivity contribution in [3.8, 4) is 11.5 Å². The number of benzene rings is 1. The molecule has 3 rings (SSSR count). The van der Waals surface area contributed by atoms with Crippen LogP contribution in [0.5, 0.6) is 11.5 Å². The monoisotopic (exact) mass is 328 g/mol. The van der Waals surface area contributed by atoms with Crippen LogP contribution in [0.25, 0.3) is 6.08 Å². The summed E-state index contributed by atoms with van der Waals surface area (Å²) >= 11 is 0. The van der Waals surface area contributed by atoms with Gasteiger partial charge in [-0.1, -0.05) is 6.08 Å². The standard InChI is InChI=1S/C18H16O6/c1-4-5-10-7-14(19)13(9-23-10)17-16-12(18(20)24-17)6-11(21-2)8-15(16)22-3/h4-9,17H,1-3H3/b5-4+/t17-/m1/s1. The highest BCUT2D eigenvalue weighted by Crippen LogP contribution is 2.42. The van der Waals surface area contributed by atoms with E-state index in [0.29, 0.717) is 28.4 Å². The number of rotatable bonds is 4. The van der Waals surface area contributed by atoms with Gasteiger partial charge in [-0.3, -0.25) is 4.79 Å². The second-order valence-corrected chi connectivity index (χ2v) is 5.18. The van der Waals surface area contributed by atoms with Crippen LogP contribution in [-0.4, -0.2) is 20.2 Å². The lowest BCUT2D eigenvalue weighted by Gasteiger charge is -2.13. The van der Waals surface area contributed by atoms with Gasteiger partial charge >= 0.3 is 5.97 Å². The van der Waals surface area contributed by atoms with Crippen molar-refractivity contribution in [3.05, 3.63) is 63.2 Å². The molecular weight excluding hydrogens is 312 g/mol. The summed E-state index contributed by atoms with van der Waals surface area (Å²) in [6.07, 6.45) is 3.88. The van der Waals surface area contributed by atoms with Crippen molar-refractivity contribution >= 4 is 12.0 Å². The van der Waals surface area contributed by atoms with E-state index in [-0.39, 0.29) is 11.0 Å². The molecule has 1 atom stereocenters. The number of cyclic esters (lactones) is 1. The Morgan fingerprint density at radius 1 is 1.12 bits per heavy atom. The fraction of sp³-hybridized carbons (Fsp3) is 0.222. The summed E-state index contributed by atoms with van der Waals surface area (Å²) in [5, 5.41) is 0. The summed E-state index contributed by atoms with van der Waals surface area (Å²) in [6.45, 7) is 1.82. The molecule has 1 aromatic carbocycles. The fourth-order valence-corrected chi connectivity index (χ4v) is 2.65. The Hall–Kier alpha value is -3.02. The van der Waals surface area contributed by atoms with Crippen molar-refractivity contribution in [3.63, 3.8) is 0 Å². The number of hydrogen-bond acceptors (Lipinski definition) is 6. The van der Waals surface area contributed by atoms with E-state index in [1.54, 1.807) is 24.3 Å². The van der Waals surface area contributed by atoms with Crippen LogP contribution in [0, 0.1) is 0 Å². The molecule has 0 unspecified atom stereocenters. The van der Waals surface area contributed by atoms with Crippen LogP contribution in [0.2, 0.25) is 0 Å². The van der Waals surface area contributed by atoms with Gasteiger partial charge in [-0.2, -0.15) is 0 Å². The summed E-state index contributed by atoms with van der Waals surface area (Å²) in [5.74, 6) is 0.775. The van der Waals surface area contributed by atoms with Crippen LogP contribution >= 0.6 is 0 Å². The maximum absolute atomic E-state index is 12.4. The molecule has 6 heteroatoms. The second-order valence-electron chi connectivity index (χ2n) is 5.18. The SMILES string of the molecule is C/C=C/c1cc(=O)c([C@H]2OC(=O)c3cc(OC)cc(OC)c32)co1. The van der Waals surface area contributed by atoms with Gasteiger partial charge in [0.25, 0.3) is 0 Å². The molecule has 0 N–H and O–H groups in total. The molecule has 6 nitrogen and oxygen atoms in total. The molecule has 1 aromatic heterocycles. The van der Waals surface area contributed by atoms with Crippen molar-refractivity contribution in [1.29, 1.82) is 0 Å². The number of carbonyl (C=O) groups excluding carboxylic acids is 1. The van der Waals surface area contributed by atoms with Gasteiger partial charge in [0.2, 0.25) is 0 Å². The molecule has 0 spiro atoms. The maximum Gasteiger partial charge on any atom is 0.339 e. The number of ether oxygens (including phenoxy) is 3. The number of carbonyl (C=O) groups is 1. The highest BCUT2D eigenvalue weighted by Gasteiger charge is 2.37. The Morgan fingerprint density at radius 3 is 2.54 bits per heavy atom. The normalized spacial score (nSPS) is 16.1. The van der Waals surface area contributed by atoms with Crippen LogP contribution in [0.4, 0.5) is 0 Å². The van der Waals surface area contributed by atoms with Crippen LogP contribution in [0.1, 0.15) is 40.3 Å². The minimum Gasteiger partial charge on any atom is -0.497 e. The lowest BCUT2D eigenvalue weighted by atomic mass is 9.98. The van der Waals surface area contributed by atoms with Crippen molar-refractivity contribution in [2.45, 2.75) is 13.0 Å². The summed E-state index contributed by atoms with van der Waals surface area (Å²) in [6, 6.07) is 4.57. The van der Waals surface area contributed by atoms with Gasteiger partial charge in [-0.05, 0) is 19.1 Å². The lowest BCUT2D eigenvalue weighted by Crippen LogP contribution is -2.14. The summed E-state index contributed by atoms with van der Waals surface area (Å²) < 4.78 is 21.3. The second kappa shape index (κ2) is 6.23. The van der Waals surface area contributed by atoms with E-state index >= 15 is 0 Å². The van der Waals surface area contributed by atoms with Gasteiger partial charge in [0.15, 0.2) is 11.5 Å². The summed E-state index contributed by atoms with van der Waals surface area (Å²) in [7, 11) is 2.97. The van der Waals surface area contributed by atoms with Gasteiger partial charge in [-0.25, -0.2) is 4.79 Å². The average molecular weight is 328 g/mol. The number of fused-ring (bicyclic) bond motifs is 1. The zero-order valence-electron chi connectivity index (χ0n) is 13.5. The number of hydrogen-bond donors (Lipinski definition) is 0. The quantitative estimate of drug-likeness (QED) is 0.803. The zero-order valence-corrected chi connectivity index (χ0v) is 13.5. The van der Waals surface area contributed by atoms with Crippen LogP contribution in [-0.2, 0) is 4.74 Å². The van der Waals surface area contributed by atoms with E-state index in [1.165, 1.54) is 26.5 Å². The number of esters is 1. The molecule has 0 saturated heterocycles. The molecule has 2 heterocycles. The maximum atomic E-state index is 12.4. The van der Waals surface area contributed by atoms with Gasteiger partial charge in [0, 0.05) is 12.1 Å². The van der Waals surface area contributed by atoms with E-state index in [1.807, 2.05) is 6.92 Å². The Labute approximate surface area is 138 Å². The molecule has 0 fully saturated rings. The predicted octanol–water partition coefficient (Wildman–Crippen LogP) is 2.95. The molecule has 24 heavy (non-hydrogen) atoms. The Bertz CT molecular complexity index is 878. The molecule has 124 valence electrons. The third kappa shape index (κ3) is 2.56. The van der Waals surface area contributed by atoms with Crippen molar-refractivity contribution in [2.24, 2.45) is 0 Å². The van der Waals surface area contributed by atoms with Gasteiger partial charge < -0.3 is 18.6 Å². The van der Waals surface area contributed by atoms with Crippen molar-refractivity contribution in [1.82, 2.24) is 0 Å². The third-order valence-electron chi connectivity index (χ3n) is 3.77. The topological polar surface area (TPSA) is 75.0 Å². The Morgan fingerprint density at radius 2 is 1.92 bits per heavy atom. The van der Waals surface area contributed by atoms with Crippen molar-refractivity contribution < 1.29 is 23.4 Å². The summed E-state index contributed by atoms with van der Waals surface area (Å²) in [4.78, 5) is 24.6. The third-order valence-corrected chi connectivity index (χ3v) is 3.77. The smallest absolute Gasteiger partial charge is 0.339 e. The van der Waals surface area contributed by atoms with E-state index in [9.17, 15) is 9.59 Å². The largest absolute Gasteiger partial charge is 0.497 e. The Kier molecular flexibility index (Phi) is 4.12. The number of methoxy groups -OCH3 is 2. The first kappa shape index (κ1) is 15.9. The van der Waals surface area contributed by atoms with Gasteiger partial charge in [0.05, 0.1) is 30.9 Å². The van der Waals surface area contributed by atoms with E-state index in [4.69, 9.17) is 18.6 Å². The predicted molar refractivity (Wildman–Crippen MR) is 86.5 cm³/mol. The zero-order chi connectivity index (χ0) is 17.3. The fourth-order valence-electron chi connectivity index (χ4n) is 2.65. The molecule has 0 amide bonds. The molecule has 0 saturated carbocycles. The van der Waals surface area contributed by atoms with E-state index in [2.05, 4.69) is 0 Å². The average Bonchev–Trinajstić information content (AvgIpc) is 2.91. The minimum atomic E-state index is -0.871. The first-order valence-corrected chi connectivity index (χ1v) is 7.31. The molecule has 2 aromatic rings. The first-order valence-electron chi connectivity index (χ1n) is 7.31. The molecule has 1 aliphatic rings. The van der Waals surface area contributed by atoms with E-state index in [0.717, 1.165) is 0 Å².